The lowest BCUT2D eigenvalue weighted by molar-refractivity contribution is -0.137. The van der Waals surface area contributed by atoms with Crippen LogP contribution < -0.4 is 0 Å². The first-order chi connectivity index (χ1) is 41.3. The van der Waals surface area contributed by atoms with E-state index in [0.29, 0.717) is 93.9 Å². The number of allylic oxidation sites excluding steroid dienone is 3. The van der Waals surface area contributed by atoms with E-state index in [1.807, 2.05) is 81.9 Å². The van der Waals surface area contributed by atoms with Crippen LogP contribution in [0.2, 0.25) is 0 Å². The highest BCUT2D eigenvalue weighted by Gasteiger charge is 2.36. The number of hydrogen-bond donors (Lipinski definition) is 0. The van der Waals surface area contributed by atoms with Gasteiger partial charge in [0.1, 0.15) is 0 Å². The standard InChI is InChI=1S/C71H34F3N11/c1-40-7-6-8-61(71(72,73)74)70(40)60-34-69(85-65-30-44(53-24-16-51(81-3)28-48(53)38-78)12-20-57(65)59-22-14-46(32-67(59)85)55-18-10-42(36-76)26-63(55)83-5)68(33-49(60)39-79)84-64-29-43(52-23-15-50(80-2)27-47(52)37-77)11-19-56(64)58-21-13-45(31-66(58)84)54-17-9-41(35-75)25-62(54)82-4/h6-34,48,53H,1H3. The summed E-state index contributed by atoms with van der Waals surface area (Å²) in [5.41, 5.74) is 7.30. The molecule has 9 aromatic carbocycles. The van der Waals surface area contributed by atoms with Gasteiger partial charge in [0, 0.05) is 49.7 Å². The molecule has 2 unspecified atom stereocenters. The van der Waals surface area contributed by atoms with E-state index in [-0.39, 0.29) is 61.7 Å². The minimum absolute atomic E-state index is 0.0343. The molecular weight excluding hydrogens is 1060 g/mol. The smallest absolute Gasteiger partial charge is 0.307 e. The largest absolute Gasteiger partial charge is 0.417 e. The highest BCUT2D eigenvalue weighted by Crippen LogP contribution is 2.48. The van der Waals surface area contributed by atoms with Gasteiger partial charge in [-0.25, -0.2) is 19.4 Å². The molecular formula is C71H34F3N11. The van der Waals surface area contributed by atoms with Crippen LogP contribution in [0.25, 0.3) is 119 Å². The lowest BCUT2D eigenvalue weighted by atomic mass is 9.83. The third-order valence-corrected chi connectivity index (χ3v) is 15.7. The number of rotatable bonds is 7. The Morgan fingerprint density at radius 3 is 1.52 bits per heavy atom. The molecule has 394 valence electrons. The lowest BCUT2D eigenvalue weighted by Crippen LogP contribution is -2.11. The SMILES string of the molecule is [C-]#[N+]C1=CC(C#N)C(c2ccc3c4ccc(-c5ccc(C#N)cc5[N+]#[C-])cc4n(-c4cc(-c5c(C)cccc5C(F)(F)F)c(C#N)cc4-n4c5cc(-c6ccc([N+]#[C-])cc6C#N)ccc5c5ccc(-c6ccc(C#N)cc6[N+]#[C-])cc54)c3c2)C=C1. The number of alkyl halides is 3. The Labute approximate surface area is 484 Å². The summed E-state index contributed by atoms with van der Waals surface area (Å²) in [6.07, 6.45) is 0.212. The first-order valence-corrected chi connectivity index (χ1v) is 26.1. The Balaban J connectivity index is 1.29. The van der Waals surface area contributed by atoms with Gasteiger partial charge >= 0.3 is 6.18 Å². The van der Waals surface area contributed by atoms with E-state index in [1.54, 1.807) is 79.7 Å². The molecule has 11 aromatic rings. The Bertz CT molecular complexity index is 5140. The highest BCUT2D eigenvalue weighted by molar-refractivity contribution is 6.14. The van der Waals surface area contributed by atoms with Crippen LogP contribution in [0.15, 0.2) is 182 Å². The van der Waals surface area contributed by atoms with Crippen molar-refractivity contribution in [2.45, 2.75) is 19.0 Å². The maximum atomic E-state index is 15.5. The number of nitriles is 5. The first kappa shape index (κ1) is 52.9. The van der Waals surface area contributed by atoms with Crippen LogP contribution in [-0.4, -0.2) is 9.13 Å². The van der Waals surface area contributed by atoms with Crippen LogP contribution in [0.5, 0.6) is 0 Å². The van der Waals surface area contributed by atoms with Crippen molar-refractivity contribution in [3.63, 3.8) is 0 Å². The monoisotopic (exact) mass is 1100 g/mol. The fourth-order valence-electron chi connectivity index (χ4n) is 11.8. The van der Waals surface area contributed by atoms with Crippen molar-refractivity contribution in [3.05, 3.63) is 266 Å². The summed E-state index contributed by atoms with van der Waals surface area (Å²) in [4.78, 5) is 14.7. The maximum Gasteiger partial charge on any atom is 0.417 e. The summed E-state index contributed by atoms with van der Waals surface area (Å²) in [5.74, 6) is -1.30. The molecule has 0 fully saturated rings. The second-order valence-electron chi connectivity index (χ2n) is 20.2. The molecule has 0 saturated heterocycles. The molecule has 12 rings (SSSR count). The molecule has 11 nitrogen and oxygen atoms in total. The molecule has 1 aliphatic carbocycles. The molecule has 0 amide bonds. The fraction of sp³-hybridized carbons (Fsp3) is 0.0563. The van der Waals surface area contributed by atoms with Crippen molar-refractivity contribution in [1.82, 2.24) is 9.13 Å². The second kappa shape index (κ2) is 20.7. The number of halogens is 3. The van der Waals surface area contributed by atoms with Gasteiger partial charge in [-0.3, -0.25) is 0 Å². The Hall–Kier alpha value is -12.7. The molecule has 0 aliphatic heterocycles. The van der Waals surface area contributed by atoms with Crippen molar-refractivity contribution in [1.29, 1.82) is 26.3 Å². The molecule has 0 N–H and O–H groups in total. The van der Waals surface area contributed by atoms with E-state index < -0.39 is 23.6 Å². The summed E-state index contributed by atoms with van der Waals surface area (Å²) >= 11 is 0. The zero-order valence-electron chi connectivity index (χ0n) is 44.5. The van der Waals surface area contributed by atoms with Crippen molar-refractivity contribution in [3.8, 4) is 86.2 Å². The van der Waals surface area contributed by atoms with E-state index in [2.05, 4.69) is 49.7 Å². The molecule has 14 heteroatoms. The molecule has 0 bridgehead atoms. The summed E-state index contributed by atoms with van der Waals surface area (Å²) < 4.78 is 50.4. The number of nitrogens with zero attached hydrogens (tertiary/aromatic N) is 11. The molecule has 85 heavy (non-hydrogen) atoms. The van der Waals surface area contributed by atoms with Crippen molar-refractivity contribution >= 4 is 60.7 Å². The summed E-state index contributed by atoms with van der Waals surface area (Å²) in [6, 6.07) is 55.1. The topological polar surface area (TPSA) is 146 Å². The average Bonchev–Trinajstić information content (AvgIpc) is 1.82. The summed E-state index contributed by atoms with van der Waals surface area (Å²) in [5, 5.41) is 54.9. The van der Waals surface area contributed by atoms with E-state index >= 15 is 13.2 Å². The average molecular weight is 1100 g/mol. The zero-order valence-corrected chi connectivity index (χ0v) is 44.5. The Morgan fingerprint density at radius 1 is 0.494 bits per heavy atom. The van der Waals surface area contributed by atoms with Crippen molar-refractivity contribution in [2.75, 3.05) is 0 Å². The number of benzene rings is 9. The van der Waals surface area contributed by atoms with Gasteiger partial charge in [0.2, 0.25) is 0 Å². The van der Waals surface area contributed by atoms with Gasteiger partial charge in [0.15, 0.2) is 22.8 Å². The van der Waals surface area contributed by atoms with E-state index in [1.165, 1.54) is 24.3 Å². The van der Waals surface area contributed by atoms with E-state index in [9.17, 15) is 26.3 Å². The van der Waals surface area contributed by atoms with Gasteiger partial charge < -0.3 is 9.13 Å². The van der Waals surface area contributed by atoms with E-state index in [4.69, 9.17) is 26.3 Å². The predicted molar refractivity (Wildman–Crippen MR) is 320 cm³/mol. The molecule has 2 atom stereocenters. The van der Waals surface area contributed by atoms with Crippen LogP contribution in [0.4, 0.5) is 30.2 Å². The molecule has 0 radical (unpaired) electrons. The minimum Gasteiger partial charge on any atom is -0.307 e. The fourth-order valence-corrected chi connectivity index (χ4v) is 11.8. The summed E-state index contributed by atoms with van der Waals surface area (Å²) in [6.45, 7) is 33.3. The lowest BCUT2D eigenvalue weighted by Gasteiger charge is -2.23. The molecule has 2 heterocycles. The Morgan fingerprint density at radius 2 is 1.01 bits per heavy atom. The van der Waals surface area contributed by atoms with E-state index in [0.717, 1.165) is 6.07 Å². The van der Waals surface area contributed by atoms with Gasteiger partial charge in [0.05, 0.1) is 107 Å². The summed E-state index contributed by atoms with van der Waals surface area (Å²) in [7, 11) is 0. The van der Waals surface area contributed by atoms with Gasteiger partial charge in [0.25, 0.3) is 0 Å². The molecule has 2 aromatic heterocycles. The number of hydrogen-bond acceptors (Lipinski definition) is 5. The van der Waals surface area contributed by atoms with Crippen LogP contribution >= 0.6 is 0 Å². The molecule has 1 aliphatic rings. The quantitative estimate of drug-likeness (QED) is 0.146. The van der Waals surface area contributed by atoms with Gasteiger partial charge in [-0.15, -0.1) is 0 Å². The Kier molecular flexibility index (Phi) is 12.9. The third kappa shape index (κ3) is 8.78. The normalized spacial score (nSPS) is 13.6. The van der Waals surface area contributed by atoms with Gasteiger partial charge in [-0.1, -0.05) is 103 Å². The number of aryl methyl sites for hydroxylation is 1. The molecule has 0 saturated carbocycles. The first-order valence-electron chi connectivity index (χ1n) is 26.1. The minimum atomic E-state index is -4.87. The van der Waals surface area contributed by atoms with Gasteiger partial charge in [-0.2, -0.15) is 39.5 Å². The number of fused-ring (bicyclic) bond motifs is 6. The number of aromatic nitrogens is 2. The van der Waals surface area contributed by atoms with Crippen LogP contribution in [0.3, 0.4) is 0 Å². The predicted octanol–water partition coefficient (Wildman–Crippen LogP) is 18.6. The van der Waals surface area contributed by atoms with Crippen LogP contribution in [-0.2, 0) is 6.18 Å². The van der Waals surface area contributed by atoms with Crippen molar-refractivity contribution in [2.24, 2.45) is 5.92 Å². The highest BCUT2D eigenvalue weighted by atomic mass is 19.4. The third-order valence-electron chi connectivity index (χ3n) is 15.7. The van der Waals surface area contributed by atoms with Crippen LogP contribution in [0.1, 0.15) is 44.9 Å². The maximum absolute atomic E-state index is 15.5. The van der Waals surface area contributed by atoms with Gasteiger partial charge in [-0.05, 0) is 130 Å². The van der Waals surface area contributed by atoms with Crippen molar-refractivity contribution < 1.29 is 13.2 Å². The van der Waals surface area contributed by atoms with Crippen LogP contribution in [0, 0.1) is 95.8 Å². The molecule has 0 spiro atoms. The second-order valence-corrected chi connectivity index (χ2v) is 20.2. The zero-order chi connectivity index (χ0) is 59.4.